The lowest BCUT2D eigenvalue weighted by atomic mass is 10.3. The van der Waals surface area contributed by atoms with Crippen LogP contribution in [-0.2, 0) is 4.79 Å². The largest absolute Gasteiger partial charge is 0.390 e. The molecule has 0 N–H and O–H groups in total. The normalized spacial score (nSPS) is 11.4. The third-order valence-corrected chi connectivity index (χ3v) is 4.51. The van der Waals surface area contributed by atoms with Crippen molar-refractivity contribution >= 4 is 39.1 Å². The van der Waals surface area contributed by atoms with Crippen LogP contribution in [0.25, 0.3) is 0 Å². The predicted molar refractivity (Wildman–Crippen MR) is 81.9 cm³/mol. The van der Waals surface area contributed by atoms with Gasteiger partial charge in [0.05, 0.1) is 21.6 Å². The Labute approximate surface area is 139 Å². The summed E-state index contributed by atoms with van der Waals surface area (Å²) in [5, 5.41) is 0. The molecule has 1 heterocycles. The molecule has 1 aromatic rings. The van der Waals surface area contributed by atoms with Crippen LogP contribution in [0.1, 0.15) is 23.0 Å². The first kappa shape index (κ1) is 19.0. The van der Waals surface area contributed by atoms with Crippen molar-refractivity contribution in [1.82, 2.24) is 9.80 Å². The van der Waals surface area contributed by atoms with Gasteiger partial charge >= 0.3 is 6.18 Å². The van der Waals surface area contributed by atoms with E-state index >= 15 is 0 Å². The number of hydrogen-bond donors (Lipinski definition) is 0. The zero-order valence-corrected chi connectivity index (χ0v) is 14.5. The fraction of sp³-hybridized carbons (Fsp3) is 0.538. The third kappa shape index (κ3) is 5.96. The number of carbonyl (C=O) groups is 2. The molecule has 1 aromatic heterocycles. The molecule has 0 atom stereocenters. The molecule has 9 heteroatoms. The molecule has 0 aliphatic heterocycles. The number of alkyl halides is 3. The van der Waals surface area contributed by atoms with Crippen LogP contribution in [0.15, 0.2) is 15.9 Å². The van der Waals surface area contributed by atoms with Crippen LogP contribution in [0, 0.1) is 0 Å². The zero-order chi connectivity index (χ0) is 16.9. The highest BCUT2D eigenvalue weighted by atomic mass is 79.9. The Morgan fingerprint density at radius 2 is 1.95 bits per heavy atom. The van der Waals surface area contributed by atoms with Gasteiger partial charge in [0.1, 0.15) is 0 Å². The van der Waals surface area contributed by atoms with Gasteiger partial charge in [-0.15, -0.1) is 11.3 Å². The maximum atomic E-state index is 12.2. The van der Waals surface area contributed by atoms with Gasteiger partial charge in [0.15, 0.2) is 0 Å². The van der Waals surface area contributed by atoms with Crippen molar-refractivity contribution in [3.05, 3.63) is 20.8 Å². The summed E-state index contributed by atoms with van der Waals surface area (Å²) in [6.07, 6.45) is -5.36. The number of halogens is 4. The van der Waals surface area contributed by atoms with E-state index in [2.05, 4.69) is 15.9 Å². The number of carbonyl (C=O) groups excluding carboxylic acids is 2. The SMILES string of the molecule is CCN(CCC(F)(F)F)C(=O)CN(C)C(=O)c1ccc(Br)s1. The quantitative estimate of drug-likeness (QED) is 0.734. The molecule has 0 spiro atoms. The van der Waals surface area contributed by atoms with Crippen LogP contribution in [0.3, 0.4) is 0 Å². The lowest BCUT2D eigenvalue weighted by Gasteiger charge is -2.24. The van der Waals surface area contributed by atoms with Gasteiger partial charge in [-0.1, -0.05) is 0 Å². The molecule has 0 radical (unpaired) electrons. The van der Waals surface area contributed by atoms with Gasteiger partial charge in [-0.25, -0.2) is 0 Å². The van der Waals surface area contributed by atoms with E-state index in [-0.39, 0.29) is 19.0 Å². The molecule has 0 aromatic carbocycles. The van der Waals surface area contributed by atoms with Crippen LogP contribution in [0.2, 0.25) is 0 Å². The van der Waals surface area contributed by atoms with Crippen molar-refractivity contribution < 1.29 is 22.8 Å². The highest BCUT2D eigenvalue weighted by Crippen LogP contribution is 2.23. The monoisotopic (exact) mass is 400 g/mol. The Balaban J connectivity index is 2.59. The molecule has 0 saturated carbocycles. The number of rotatable bonds is 6. The molecule has 2 amide bonds. The third-order valence-electron chi connectivity index (χ3n) is 2.90. The number of nitrogens with zero attached hydrogens (tertiary/aromatic N) is 2. The van der Waals surface area contributed by atoms with Crippen molar-refractivity contribution in [2.75, 3.05) is 26.7 Å². The molecule has 0 bridgehead atoms. The van der Waals surface area contributed by atoms with Crippen LogP contribution in [0.5, 0.6) is 0 Å². The lowest BCUT2D eigenvalue weighted by molar-refractivity contribution is -0.145. The molecular weight excluding hydrogens is 385 g/mol. The topological polar surface area (TPSA) is 40.6 Å². The maximum Gasteiger partial charge on any atom is 0.390 e. The van der Waals surface area contributed by atoms with Crippen LogP contribution < -0.4 is 0 Å². The molecule has 22 heavy (non-hydrogen) atoms. The van der Waals surface area contributed by atoms with Gasteiger partial charge in [-0.05, 0) is 35.0 Å². The second kappa shape index (κ2) is 7.96. The van der Waals surface area contributed by atoms with Gasteiger partial charge in [0.25, 0.3) is 5.91 Å². The summed E-state index contributed by atoms with van der Waals surface area (Å²) in [7, 11) is 1.45. The molecule has 0 unspecified atom stereocenters. The summed E-state index contributed by atoms with van der Waals surface area (Å²) < 4.78 is 37.5. The Kier molecular flexibility index (Phi) is 6.86. The highest BCUT2D eigenvalue weighted by Gasteiger charge is 2.29. The van der Waals surface area contributed by atoms with Crippen molar-refractivity contribution in [2.45, 2.75) is 19.5 Å². The van der Waals surface area contributed by atoms with Gasteiger partial charge in [-0.3, -0.25) is 9.59 Å². The van der Waals surface area contributed by atoms with E-state index in [0.717, 1.165) is 8.69 Å². The van der Waals surface area contributed by atoms with Crippen LogP contribution in [0.4, 0.5) is 13.2 Å². The second-order valence-electron chi connectivity index (χ2n) is 4.60. The van der Waals surface area contributed by atoms with Crippen LogP contribution >= 0.6 is 27.3 Å². The van der Waals surface area contributed by atoms with Crippen molar-refractivity contribution in [2.24, 2.45) is 0 Å². The Bertz CT molecular complexity index is 534. The van der Waals surface area contributed by atoms with E-state index in [4.69, 9.17) is 0 Å². The van der Waals surface area contributed by atoms with Gasteiger partial charge in [-0.2, -0.15) is 13.2 Å². The van der Waals surface area contributed by atoms with Crippen molar-refractivity contribution in [3.8, 4) is 0 Å². The van der Waals surface area contributed by atoms with Gasteiger partial charge in [0, 0.05) is 20.1 Å². The Hall–Kier alpha value is -1.09. The highest BCUT2D eigenvalue weighted by molar-refractivity contribution is 9.11. The first-order valence-corrected chi connectivity index (χ1v) is 8.10. The number of likely N-dealkylation sites (N-methyl/N-ethyl adjacent to an activating group) is 2. The van der Waals surface area contributed by atoms with Crippen LogP contribution in [-0.4, -0.2) is 54.5 Å². The molecule has 0 aliphatic rings. The van der Waals surface area contributed by atoms with Crippen molar-refractivity contribution in [3.63, 3.8) is 0 Å². The van der Waals surface area contributed by atoms with E-state index < -0.39 is 25.0 Å². The van der Waals surface area contributed by atoms with E-state index in [0.29, 0.717) is 4.88 Å². The number of hydrogen-bond acceptors (Lipinski definition) is 3. The Morgan fingerprint density at radius 3 is 2.41 bits per heavy atom. The molecule has 4 nitrogen and oxygen atoms in total. The van der Waals surface area contributed by atoms with Crippen molar-refractivity contribution in [1.29, 1.82) is 0 Å². The van der Waals surface area contributed by atoms with Gasteiger partial charge in [0.2, 0.25) is 5.91 Å². The first-order chi connectivity index (χ1) is 10.1. The maximum absolute atomic E-state index is 12.2. The smallest absolute Gasteiger partial charge is 0.341 e. The summed E-state index contributed by atoms with van der Waals surface area (Å²) >= 11 is 4.47. The number of amides is 2. The molecule has 1 rings (SSSR count). The minimum Gasteiger partial charge on any atom is -0.341 e. The molecule has 0 fully saturated rings. The minimum atomic E-state index is -4.31. The average molecular weight is 401 g/mol. The van der Waals surface area contributed by atoms with E-state index in [1.54, 1.807) is 19.1 Å². The predicted octanol–water partition coefficient (Wildman–Crippen LogP) is 3.38. The minimum absolute atomic E-state index is 0.168. The second-order valence-corrected chi connectivity index (χ2v) is 7.07. The first-order valence-electron chi connectivity index (χ1n) is 6.49. The summed E-state index contributed by atoms with van der Waals surface area (Å²) in [5.41, 5.74) is 0. The lowest BCUT2D eigenvalue weighted by Crippen LogP contribution is -2.42. The molecular formula is C13H16BrF3N2O2S. The fourth-order valence-corrected chi connectivity index (χ4v) is 3.09. The number of thiophene rings is 1. The van der Waals surface area contributed by atoms with E-state index in [1.807, 2.05) is 0 Å². The zero-order valence-electron chi connectivity index (χ0n) is 12.1. The summed E-state index contributed by atoms with van der Waals surface area (Å²) in [4.78, 5) is 26.9. The summed E-state index contributed by atoms with van der Waals surface area (Å²) in [6.45, 7) is 1.12. The van der Waals surface area contributed by atoms with E-state index in [1.165, 1.54) is 23.3 Å². The fourth-order valence-electron chi connectivity index (χ4n) is 1.71. The average Bonchev–Trinajstić information content (AvgIpc) is 2.83. The summed E-state index contributed by atoms with van der Waals surface area (Å²) in [6, 6.07) is 3.34. The molecule has 124 valence electrons. The van der Waals surface area contributed by atoms with Gasteiger partial charge < -0.3 is 9.80 Å². The summed E-state index contributed by atoms with van der Waals surface area (Å²) in [5.74, 6) is -0.839. The standard InChI is InChI=1S/C13H16BrF3N2O2S/c1-3-19(7-6-13(15,16)17)11(20)8-18(2)12(21)9-4-5-10(14)22-9/h4-5H,3,6-8H2,1-2H3. The molecule has 0 aliphatic carbocycles. The molecule has 0 saturated heterocycles. The van der Waals surface area contributed by atoms with E-state index in [9.17, 15) is 22.8 Å². The Morgan fingerprint density at radius 1 is 1.32 bits per heavy atom.